The van der Waals surface area contributed by atoms with E-state index in [-0.39, 0.29) is 0 Å². The summed E-state index contributed by atoms with van der Waals surface area (Å²) in [7, 11) is 0. The molecule has 0 fully saturated rings. The first-order valence-corrected chi connectivity index (χ1v) is 51.8. The number of hydrogen-bond acceptors (Lipinski definition) is 12. The maximum atomic E-state index is 10.2. The molecule has 9 nitrogen and oxygen atoms in total. The normalized spacial score (nSPS) is 12.0. The lowest BCUT2D eigenvalue weighted by Crippen LogP contribution is -1.93. The van der Waals surface area contributed by atoms with Gasteiger partial charge in [0.2, 0.25) is 0 Å². The molecular formula is C132H74N6O3S4. The Labute approximate surface area is 842 Å². The van der Waals surface area contributed by atoms with Crippen molar-refractivity contribution in [2.24, 2.45) is 0 Å². The van der Waals surface area contributed by atoms with Crippen LogP contribution in [0.5, 0.6) is 0 Å². The van der Waals surface area contributed by atoms with E-state index in [2.05, 4.69) is 369 Å². The average molecular weight is 1920 g/mol. The van der Waals surface area contributed by atoms with Crippen LogP contribution in [0.2, 0.25) is 0 Å². The van der Waals surface area contributed by atoms with Crippen LogP contribution in [0.4, 0.5) is 0 Å². The van der Waals surface area contributed by atoms with Gasteiger partial charge in [0.25, 0.3) is 0 Å². The fraction of sp³-hybridized carbons (Fsp3) is 0.00758. The molecule has 145 heavy (non-hydrogen) atoms. The van der Waals surface area contributed by atoms with Crippen molar-refractivity contribution >= 4 is 301 Å². The zero-order chi connectivity index (χ0) is 95.3. The number of aromatic nitrogens is 5. The first kappa shape index (κ1) is 82.7. The molecule has 33 rings (SSSR count). The van der Waals surface area contributed by atoms with Crippen molar-refractivity contribution in [3.05, 3.63) is 442 Å². The zero-order valence-corrected chi connectivity index (χ0v) is 80.8. The molecular weight excluding hydrogens is 1850 g/mol. The number of hydrogen-bond donors (Lipinski definition) is 0. The molecule has 0 bridgehead atoms. The van der Waals surface area contributed by atoms with E-state index in [1.54, 1.807) is 28.9 Å². The SMILES string of the molecule is Cc1ccnc2c1c(-c1ccc3oc4ccccc4c3c1)cc1cc3c(cc12)sc1ccccc13.N#Cc1ccnc2c1c(-c1ccc3c(c1)c1ccccc1n3-c1ccccc1)cc1cc3c(cc12)sc1ccccc13.c1ccc2c(c1)ncc1c3cc4oc5ccccc5c4cc3cc(-c3cccc4c3sc3ccccc34)c21.c1ccc2c(c1)oc1cc3c(cc(-c4csc5ccccc45)c4cccnc43)cc12. The van der Waals surface area contributed by atoms with Gasteiger partial charge in [-0.25, -0.2) is 0 Å². The highest BCUT2D eigenvalue weighted by Gasteiger charge is 2.26. The Kier molecular flexibility index (Phi) is 18.7. The molecule has 0 aliphatic rings. The topological polar surface area (TPSA) is 120 Å². The number of furan rings is 3. The lowest BCUT2D eigenvalue weighted by Gasteiger charge is -2.14. The summed E-state index contributed by atoms with van der Waals surface area (Å²) in [5.41, 5.74) is 24.3. The highest BCUT2D eigenvalue weighted by Crippen LogP contribution is 2.52. The third-order valence-electron chi connectivity index (χ3n) is 29.5. The number of thiophene rings is 4. The van der Waals surface area contributed by atoms with Gasteiger partial charge in [0.05, 0.1) is 44.7 Å². The Hall–Kier alpha value is -18.1. The molecule has 0 radical (unpaired) electrons. The van der Waals surface area contributed by atoms with Crippen LogP contribution in [0.3, 0.4) is 0 Å². The molecule has 0 N–H and O–H groups in total. The third kappa shape index (κ3) is 13.1. The molecule has 0 aliphatic carbocycles. The van der Waals surface area contributed by atoms with Crippen LogP contribution in [0.15, 0.2) is 444 Å². The molecule has 13 heteroatoms. The number of benzene rings is 21. The van der Waals surface area contributed by atoms with Crippen LogP contribution in [0.25, 0.3) is 306 Å². The van der Waals surface area contributed by atoms with Crippen molar-refractivity contribution in [2.75, 3.05) is 0 Å². The molecule has 0 atom stereocenters. The summed E-state index contributed by atoms with van der Waals surface area (Å²) in [4.78, 5) is 19.4. The fourth-order valence-electron chi connectivity index (χ4n) is 22.9. The van der Waals surface area contributed by atoms with Crippen molar-refractivity contribution in [1.82, 2.24) is 24.5 Å². The highest BCUT2D eigenvalue weighted by atomic mass is 32.1. The first-order valence-electron chi connectivity index (χ1n) is 48.5. The number of fused-ring (bicyclic) bond motifs is 36. The van der Waals surface area contributed by atoms with E-state index in [1.165, 1.54) is 169 Å². The summed E-state index contributed by atoms with van der Waals surface area (Å²) >= 11 is 7.33. The van der Waals surface area contributed by atoms with Gasteiger partial charge in [0.1, 0.15) is 33.5 Å². The smallest absolute Gasteiger partial charge is 0.136 e. The molecule has 0 unspecified atom stereocenters. The third-order valence-corrected chi connectivity index (χ3v) is 34.0. The molecule has 0 saturated carbocycles. The van der Waals surface area contributed by atoms with Gasteiger partial charge in [-0.2, -0.15) is 5.26 Å². The second-order valence-electron chi connectivity index (χ2n) is 37.5. The lowest BCUT2D eigenvalue weighted by molar-refractivity contribution is 0.668. The summed E-state index contributed by atoms with van der Waals surface area (Å²) in [6.07, 6.45) is 7.61. The van der Waals surface area contributed by atoms with Crippen molar-refractivity contribution in [3.63, 3.8) is 0 Å². The van der Waals surface area contributed by atoms with E-state index in [0.29, 0.717) is 5.56 Å². The first-order chi connectivity index (χ1) is 71.7. The number of aryl methyl sites for hydroxylation is 1. The van der Waals surface area contributed by atoms with Gasteiger partial charge in [0, 0.05) is 204 Å². The van der Waals surface area contributed by atoms with Crippen LogP contribution in [-0.2, 0) is 0 Å². The minimum Gasteiger partial charge on any atom is -0.456 e. The van der Waals surface area contributed by atoms with Crippen molar-refractivity contribution in [3.8, 4) is 56.3 Å². The number of pyridine rings is 4. The van der Waals surface area contributed by atoms with Crippen LogP contribution in [0.1, 0.15) is 11.1 Å². The predicted octanol–water partition coefficient (Wildman–Crippen LogP) is 38.7. The molecule has 0 aliphatic heterocycles. The average Bonchev–Trinajstić information content (AvgIpc) is 1.71. The van der Waals surface area contributed by atoms with Crippen LogP contribution < -0.4 is 0 Å². The van der Waals surface area contributed by atoms with Gasteiger partial charge in [-0.3, -0.25) is 19.9 Å². The monoisotopic (exact) mass is 1920 g/mol. The van der Waals surface area contributed by atoms with E-state index in [1.807, 2.05) is 95.9 Å². The molecule has 0 saturated heterocycles. The van der Waals surface area contributed by atoms with E-state index in [0.717, 1.165) is 143 Å². The summed E-state index contributed by atoms with van der Waals surface area (Å²) in [5, 5.41) is 47.0. The number of nitriles is 1. The van der Waals surface area contributed by atoms with Gasteiger partial charge < -0.3 is 17.8 Å². The Bertz CT molecular complexity index is 11400. The molecule has 12 aromatic heterocycles. The number of nitrogens with zero attached hydrogens (tertiary/aromatic N) is 6. The van der Waals surface area contributed by atoms with Crippen LogP contribution >= 0.6 is 45.3 Å². The standard InChI is InChI=1S/C38H21N3S.C35H19NOS.C32H19NOS.C27H15NOS/c39-22-24-16-17-40-38-30-21-36-32(28-11-5-7-13-35(28)42-36)20-25(30)19-29(37(24)38)23-14-15-34-31(18-23)27-10-4-6-12-33(27)41(34)26-8-2-1-3-9-26;1-4-13-30-25(10-1)34-28(24-12-7-11-23-22-9-3-6-15-33(22)38-35(23)24)17-20-16-27-21-8-2-5-14-31(21)37-32(27)18-26(20)29(34)19-36-30;1-18-12-13-33-32-24-17-30-26(22-7-3-5-9-29(22)35-30)16-20(24)15-23(31(18)32)19-10-11-28-25(14-19)21-6-2-4-8-27(21)34-28;1-3-9-24-17(6-1)22-13-16-12-21(23-15-30-26-10-4-2-7-18(23)26)19-8-5-11-28-27(19)20(16)14-25(22)29-24/h1-21H;1-19H;2-17H,1H3;1-15H. The number of para-hydroxylation sites is 6. The van der Waals surface area contributed by atoms with Gasteiger partial charge >= 0.3 is 0 Å². The van der Waals surface area contributed by atoms with E-state index >= 15 is 0 Å². The summed E-state index contributed by atoms with van der Waals surface area (Å²) in [6.45, 7) is 2.18. The minimum atomic E-state index is 0.639. The van der Waals surface area contributed by atoms with Crippen LogP contribution in [-0.4, -0.2) is 24.5 Å². The molecule has 0 amide bonds. The van der Waals surface area contributed by atoms with E-state index in [4.69, 9.17) is 33.2 Å². The second-order valence-corrected chi connectivity index (χ2v) is 41.7. The molecule has 12 heterocycles. The summed E-state index contributed by atoms with van der Waals surface area (Å²) in [6, 6.07) is 145. The largest absolute Gasteiger partial charge is 0.456 e. The van der Waals surface area contributed by atoms with Crippen molar-refractivity contribution in [1.29, 1.82) is 5.26 Å². The molecule has 33 aromatic rings. The minimum absolute atomic E-state index is 0.639. The van der Waals surface area contributed by atoms with Crippen molar-refractivity contribution < 1.29 is 13.3 Å². The Morgan fingerprint density at radius 2 is 0.731 bits per heavy atom. The van der Waals surface area contributed by atoms with Crippen LogP contribution in [0, 0.1) is 18.3 Å². The Balaban J connectivity index is 0.0000000904. The van der Waals surface area contributed by atoms with Gasteiger partial charge in [-0.1, -0.05) is 218 Å². The number of rotatable bonds is 5. The lowest BCUT2D eigenvalue weighted by atomic mass is 9.90. The van der Waals surface area contributed by atoms with Gasteiger partial charge in [0.15, 0.2) is 0 Å². The molecule has 21 aromatic carbocycles. The zero-order valence-electron chi connectivity index (χ0n) is 77.5. The summed E-state index contributed by atoms with van der Waals surface area (Å²) in [5.74, 6) is 0. The van der Waals surface area contributed by atoms with Gasteiger partial charge in [-0.05, 0) is 260 Å². The Morgan fingerprint density at radius 1 is 0.255 bits per heavy atom. The Morgan fingerprint density at radius 3 is 1.41 bits per heavy atom. The molecule has 674 valence electrons. The highest BCUT2D eigenvalue weighted by molar-refractivity contribution is 7.27. The van der Waals surface area contributed by atoms with E-state index in [9.17, 15) is 5.26 Å². The predicted molar refractivity (Wildman–Crippen MR) is 616 cm³/mol. The maximum Gasteiger partial charge on any atom is 0.136 e. The molecule has 0 spiro atoms. The van der Waals surface area contributed by atoms with Crippen molar-refractivity contribution in [2.45, 2.75) is 6.92 Å². The quantitative estimate of drug-likeness (QED) is 0.156. The fourth-order valence-corrected chi connectivity index (χ4v) is 27.4. The summed E-state index contributed by atoms with van der Waals surface area (Å²) < 4.78 is 29.9. The second kappa shape index (κ2) is 32.7. The van der Waals surface area contributed by atoms with E-state index < -0.39 is 0 Å². The maximum absolute atomic E-state index is 10.2. The van der Waals surface area contributed by atoms with Gasteiger partial charge in [-0.15, -0.1) is 45.3 Å².